The molecule has 0 saturated carbocycles. The van der Waals surface area contributed by atoms with E-state index in [0.29, 0.717) is 6.54 Å². The highest BCUT2D eigenvalue weighted by atomic mass is 16.6. The number of amides is 1. The van der Waals surface area contributed by atoms with Gasteiger partial charge in [-0.05, 0) is 32.8 Å². The topological polar surface area (TPSA) is 29.5 Å². The fourth-order valence-corrected chi connectivity index (χ4v) is 1.54. The van der Waals surface area contributed by atoms with Crippen LogP contribution in [0.3, 0.4) is 0 Å². The molecule has 102 valence electrons. The van der Waals surface area contributed by atoms with Gasteiger partial charge in [-0.15, -0.1) is 12.3 Å². The Bertz CT molecular complexity index is 333. The molecule has 1 atom stereocenters. The molecule has 1 amide bonds. The lowest BCUT2D eigenvalue weighted by atomic mass is 10.0. The molecular weight excluding hydrogens is 226 g/mol. The zero-order chi connectivity index (χ0) is 14.3. The molecule has 0 N–H and O–H groups in total. The van der Waals surface area contributed by atoms with Gasteiger partial charge in [0.05, 0.1) is 6.04 Å². The van der Waals surface area contributed by atoms with Gasteiger partial charge in [0.2, 0.25) is 0 Å². The average molecular weight is 251 g/mol. The van der Waals surface area contributed by atoms with Crippen molar-refractivity contribution >= 4 is 6.09 Å². The molecule has 0 aliphatic carbocycles. The molecule has 0 spiro atoms. The highest BCUT2D eigenvalue weighted by Gasteiger charge is 2.27. The summed E-state index contributed by atoms with van der Waals surface area (Å²) in [6.45, 7) is 17.3. The number of carbonyl (C=O) groups excluding carboxylic acids is 1. The number of nitrogens with zero attached hydrogens (tertiary/aromatic N) is 1. The first kappa shape index (κ1) is 16.5. The van der Waals surface area contributed by atoms with E-state index in [-0.39, 0.29) is 18.1 Å². The largest absolute Gasteiger partial charge is 0.444 e. The summed E-state index contributed by atoms with van der Waals surface area (Å²) in [5.41, 5.74) is 2.24. The van der Waals surface area contributed by atoms with Gasteiger partial charge in [0.15, 0.2) is 0 Å². The number of ether oxygens (including phenoxy) is 1. The summed E-state index contributed by atoms with van der Waals surface area (Å²) in [5.74, 6) is 0.256. The molecule has 0 aromatic rings. The van der Waals surface area contributed by atoms with E-state index in [2.05, 4.69) is 18.9 Å². The minimum atomic E-state index is -0.504. The minimum Gasteiger partial charge on any atom is -0.444 e. The average Bonchev–Trinajstić information content (AvgIpc) is 2.20. The molecule has 0 aromatic carbocycles. The van der Waals surface area contributed by atoms with Gasteiger partial charge in [-0.2, -0.15) is 0 Å². The van der Waals surface area contributed by atoms with E-state index in [1.807, 2.05) is 34.6 Å². The van der Waals surface area contributed by atoms with Crippen molar-refractivity contribution in [1.82, 2.24) is 4.90 Å². The maximum Gasteiger partial charge on any atom is 0.411 e. The first-order valence-electron chi connectivity index (χ1n) is 6.19. The number of rotatable bonds is 5. The molecular formula is C15H25NO2. The molecule has 1 unspecified atom stereocenters. The minimum absolute atomic E-state index is 0.0876. The lowest BCUT2D eigenvalue weighted by Gasteiger charge is -2.33. The first-order valence-corrected chi connectivity index (χ1v) is 6.19. The Morgan fingerprint density at radius 3 is 2.33 bits per heavy atom. The van der Waals surface area contributed by atoms with E-state index in [9.17, 15) is 4.79 Å². The Morgan fingerprint density at radius 1 is 1.44 bits per heavy atom. The number of hydrogen-bond acceptors (Lipinski definition) is 2. The van der Waals surface area contributed by atoms with Gasteiger partial charge in [-0.25, -0.2) is 4.79 Å². The van der Waals surface area contributed by atoms with Crippen molar-refractivity contribution in [3.8, 4) is 0 Å². The predicted molar refractivity (Wildman–Crippen MR) is 75.5 cm³/mol. The van der Waals surface area contributed by atoms with Gasteiger partial charge in [-0.1, -0.05) is 26.5 Å². The van der Waals surface area contributed by atoms with E-state index < -0.39 is 5.60 Å². The maximum atomic E-state index is 12.2. The van der Waals surface area contributed by atoms with Gasteiger partial charge >= 0.3 is 6.09 Å². The molecule has 0 aliphatic heterocycles. The Morgan fingerprint density at radius 2 is 2.00 bits per heavy atom. The van der Waals surface area contributed by atoms with Crippen LogP contribution in [0, 0.1) is 5.92 Å². The van der Waals surface area contributed by atoms with Gasteiger partial charge in [0.25, 0.3) is 0 Å². The second-order valence-electron chi connectivity index (χ2n) is 5.53. The zero-order valence-electron chi connectivity index (χ0n) is 12.2. The Kier molecular flexibility index (Phi) is 6.50. The van der Waals surface area contributed by atoms with Crippen molar-refractivity contribution in [2.75, 3.05) is 6.54 Å². The number of hydrogen-bond donors (Lipinski definition) is 0. The molecule has 0 aliphatic rings. The molecule has 0 fully saturated rings. The van der Waals surface area contributed by atoms with Crippen LogP contribution >= 0.6 is 0 Å². The highest BCUT2D eigenvalue weighted by Crippen LogP contribution is 2.17. The van der Waals surface area contributed by atoms with Crippen LogP contribution in [0.5, 0.6) is 0 Å². The first-order chi connectivity index (χ1) is 8.22. The molecule has 0 radical (unpaired) electrons. The van der Waals surface area contributed by atoms with Gasteiger partial charge in [-0.3, -0.25) is 4.90 Å². The second kappa shape index (κ2) is 7.07. The summed E-state index contributed by atoms with van der Waals surface area (Å²) >= 11 is 0. The van der Waals surface area contributed by atoms with Crippen molar-refractivity contribution in [1.29, 1.82) is 0 Å². The van der Waals surface area contributed by atoms with Crippen molar-refractivity contribution in [2.24, 2.45) is 5.92 Å². The fourth-order valence-electron chi connectivity index (χ4n) is 1.54. The Labute approximate surface area is 111 Å². The summed E-state index contributed by atoms with van der Waals surface area (Å²) in [6.07, 6.45) is 3.14. The van der Waals surface area contributed by atoms with Crippen LogP contribution in [0.1, 0.15) is 34.6 Å². The second-order valence-corrected chi connectivity index (χ2v) is 5.53. The summed E-state index contributed by atoms with van der Waals surface area (Å²) in [6, 6.07) is -0.0876. The lowest BCUT2D eigenvalue weighted by molar-refractivity contribution is 0.0189. The lowest BCUT2D eigenvalue weighted by Crippen LogP contribution is -2.44. The third-order valence-corrected chi connectivity index (χ3v) is 2.29. The molecule has 0 heterocycles. The van der Waals surface area contributed by atoms with Gasteiger partial charge in [0.1, 0.15) is 5.60 Å². The third-order valence-electron chi connectivity index (χ3n) is 2.29. The highest BCUT2D eigenvalue weighted by molar-refractivity contribution is 5.69. The Hall–Kier alpha value is -1.47. The van der Waals surface area contributed by atoms with E-state index in [1.54, 1.807) is 17.1 Å². The monoisotopic (exact) mass is 251 g/mol. The standard InChI is InChI=1S/C15H25NO2/c1-8-10-13(12(3)4)16(11-9-2)14(17)18-15(5,6)7/h9-10,12-13H,1-2,11H2,3-7H3. The normalized spacial score (nSPS) is 12.6. The molecule has 0 rings (SSSR count). The Balaban J connectivity index is 5.08. The predicted octanol–water partition coefficient (Wildman–Crippen LogP) is 3.78. The molecule has 18 heavy (non-hydrogen) atoms. The molecule has 3 nitrogen and oxygen atoms in total. The fraction of sp³-hybridized carbons (Fsp3) is 0.600. The van der Waals surface area contributed by atoms with E-state index in [1.165, 1.54) is 0 Å². The summed E-state index contributed by atoms with van der Waals surface area (Å²) < 4.78 is 5.40. The number of carbonyl (C=O) groups is 1. The SMILES string of the molecule is C=C=CC(C(C)C)N(CC=C)C(=O)OC(C)(C)C. The smallest absolute Gasteiger partial charge is 0.411 e. The van der Waals surface area contributed by atoms with Gasteiger partial charge in [0, 0.05) is 6.54 Å². The molecule has 0 bridgehead atoms. The molecule has 3 heteroatoms. The van der Waals surface area contributed by atoms with Crippen LogP contribution in [0.2, 0.25) is 0 Å². The van der Waals surface area contributed by atoms with Gasteiger partial charge < -0.3 is 4.74 Å². The van der Waals surface area contributed by atoms with Crippen molar-refractivity contribution in [3.63, 3.8) is 0 Å². The molecule has 0 saturated heterocycles. The summed E-state index contributed by atoms with van der Waals surface area (Å²) in [7, 11) is 0. The van der Waals surface area contributed by atoms with Crippen LogP contribution in [-0.4, -0.2) is 29.2 Å². The zero-order valence-corrected chi connectivity index (χ0v) is 12.2. The third kappa shape index (κ3) is 5.74. The quantitative estimate of drug-likeness (QED) is 0.550. The van der Waals surface area contributed by atoms with Crippen LogP contribution < -0.4 is 0 Å². The van der Waals surface area contributed by atoms with E-state index >= 15 is 0 Å². The van der Waals surface area contributed by atoms with Crippen molar-refractivity contribution in [2.45, 2.75) is 46.3 Å². The van der Waals surface area contributed by atoms with Crippen LogP contribution in [-0.2, 0) is 4.74 Å². The maximum absolute atomic E-state index is 12.2. The van der Waals surface area contributed by atoms with Crippen LogP contribution in [0.4, 0.5) is 4.79 Å². The van der Waals surface area contributed by atoms with E-state index in [4.69, 9.17) is 4.74 Å². The molecule has 0 aromatic heterocycles. The summed E-state index contributed by atoms with van der Waals surface area (Å²) in [5, 5.41) is 0. The van der Waals surface area contributed by atoms with Crippen LogP contribution in [0.15, 0.2) is 31.0 Å². The summed E-state index contributed by atoms with van der Waals surface area (Å²) in [4.78, 5) is 13.8. The van der Waals surface area contributed by atoms with Crippen molar-refractivity contribution in [3.05, 3.63) is 31.0 Å². The van der Waals surface area contributed by atoms with Crippen molar-refractivity contribution < 1.29 is 9.53 Å². The van der Waals surface area contributed by atoms with Crippen LogP contribution in [0.25, 0.3) is 0 Å². The van der Waals surface area contributed by atoms with E-state index in [0.717, 1.165) is 0 Å².